The van der Waals surface area contributed by atoms with Crippen molar-refractivity contribution in [1.29, 1.82) is 0 Å². The van der Waals surface area contributed by atoms with Crippen LogP contribution >= 0.6 is 11.3 Å². The number of anilines is 3. The molecule has 0 saturated carbocycles. The largest absolute Gasteiger partial charge is 0.310 e. The van der Waals surface area contributed by atoms with Crippen LogP contribution in [0.1, 0.15) is 0 Å². The third-order valence-corrected chi connectivity index (χ3v) is 12.6. The lowest BCUT2D eigenvalue weighted by Gasteiger charge is -2.27. The molecule has 0 N–H and O–H groups in total. The molecule has 0 atom stereocenters. The van der Waals surface area contributed by atoms with E-state index in [4.69, 9.17) is 4.98 Å². The summed E-state index contributed by atoms with van der Waals surface area (Å²) in [5.41, 5.74) is 11.0. The molecule has 0 fully saturated rings. The number of aromatic nitrogens is 3. The predicted octanol–water partition coefficient (Wildman–Crippen LogP) is 14.8. The lowest BCUT2D eigenvalue weighted by Crippen LogP contribution is -2.10. The zero-order chi connectivity index (χ0) is 38.2. The van der Waals surface area contributed by atoms with Crippen molar-refractivity contribution in [3.63, 3.8) is 0 Å². The quantitative estimate of drug-likeness (QED) is 0.169. The summed E-state index contributed by atoms with van der Waals surface area (Å²) in [6.45, 7) is 0. The number of benzene rings is 9. The minimum Gasteiger partial charge on any atom is -0.310 e. The average Bonchev–Trinajstić information content (AvgIpc) is 3.96. The van der Waals surface area contributed by atoms with Crippen LogP contribution in [-0.4, -0.2) is 14.1 Å². The van der Waals surface area contributed by atoms with Crippen LogP contribution in [0.4, 0.5) is 17.1 Å². The van der Waals surface area contributed by atoms with E-state index >= 15 is 0 Å². The Morgan fingerprint density at radius 3 is 1.95 bits per heavy atom. The predicted molar refractivity (Wildman–Crippen MR) is 246 cm³/mol. The third kappa shape index (κ3) is 5.11. The molecule has 58 heavy (non-hydrogen) atoms. The van der Waals surface area contributed by atoms with Crippen LogP contribution in [0, 0.1) is 0 Å². The highest BCUT2D eigenvalue weighted by atomic mass is 32.1. The lowest BCUT2D eigenvalue weighted by atomic mass is 10.0. The molecule has 0 saturated heterocycles. The standard InChI is InChI=1S/C53H34N4S/c1-3-16-37(17-4-1)55(47-24-13-15-35-14-7-8-20-41(35)47)40-30-31-48-43(32-40)44-33-45-42-21-9-12-25-51(42)58-52(45)34-50(44)56(48)39-28-26-36(27-29-39)53-54-46-22-10-11-23-49(46)57(53)38-18-5-2-6-19-38/h1-34H. The van der Waals surface area contributed by atoms with Crippen molar-refractivity contribution in [3.05, 3.63) is 206 Å². The van der Waals surface area contributed by atoms with Crippen LogP contribution < -0.4 is 4.90 Å². The summed E-state index contributed by atoms with van der Waals surface area (Å²) in [5.74, 6) is 0.923. The maximum atomic E-state index is 5.15. The minimum absolute atomic E-state index is 0.923. The summed E-state index contributed by atoms with van der Waals surface area (Å²) in [6, 6.07) is 74.4. The van der Waals surface area contributed by atoms with Gasteiger partial charge in [0.2, 0.25) is 0 Å². The second-order valence-corrected chi connectivity index (χ2v) is 15.9. The molecule has 0 aliphatic carbocycles. The van der Waals surface area contributed by atoms with Gasteiger partial charge in [-0.3, -0.25) is 4.57 Å². The molecule has 272 valence electrons. The second-order valence-electron chi connectivity index (χ2n) is 14.8. The smallest absolute Gasteiger partial charge is 0.145 e. The zero-order valence-corrected chi connectivity index (χ0v) is 32.1. The number of rotatable bonds is 6. The number of hydrogen-bond acceptors (Lipinski definition) is 3. The van der Waals surface area contributed by atoms with E-state index in [1.54, 1.807) is 0 Å². The maximum absolute atomic E-state index is 5.15. The van der Waals surface area contributed by atoms with Gasteiger partial charge in [-0.1, -0.05) is 103 Å². The van der Waals surface area contributed by atoms with E-state index in [1.165, 1.54) is 47.2 Å². The zero-order valence-electron chi connectivity index (χ0n) is 31.3. The van der Waals surface area contributed by atoms with Crippen LogP contribution in [0.5, 0.6) is 0 Å². The molecule has 0 aliphatic rings. The first-order valence-electron chi connectivity index (χ1n) is 19.6. The average molecular weight is 759 g/mol. The molecule has 0 radical (unpaired) electrons. The molecule has 5 heteroatoms. The molecule has 0 aliphatic heterocycles. The Labute approximate surface area is 338 Å². The van der Waals surface area contributed by atoms with Crippen molar-refractivity contribution in [2.45, 2.75) is 0 Å². The van der Waals surface area contributed by atoms with Crippen molar-refractivity contribution in [2.24, 2.45) is 0 Å². The highest BCUT2D eigenvalue weighted by Crippen LogP contribution is 2.44. The van der Waals surface area contributed by atoms with Crippen molar-refractivity contribution in [1.82, 2.24) is 14.1 Å². The van der Waals surface area contributed by atoms with Crippen molar-refractivity contribution in [2.75, 3.05) is 4.90 Å². The van der Waals surface area contributed by atoms with E-state index in [-0.39, 0.29) is 0 Å². The maximum Gasteiger partial charge on any atom is 0.145 e. The van der Waals surface area contributed by atoms with Gasteiger partial charge < -0.3 is 9.47 Å². The molecular weight excluding hydrogens is 725 g/mol. The molecule has 3 heterocycles. The van der Waals surface area contributed by atoms with Gasteiger partial charge in [-0.15, -0.1) is 11.3 Å². The summed E-state index contributed by atoms with van der Waals surface area (Å²) in [7, 11) is 0. The fourth-order valence-corrected chi connectivity index (χ4v) is 9.99. The van der Waals surface area contributed by atoms with Crippen molar-refractivity contribution in [3.8, 4) is 22.8 Å². The Hall–Kier alpha value is -7.47. The Morgan fingerprint density at radius 2 is 1.09 bits per heavy atom. The van der Waals surface area contributed by atoms with Crippen molar-refractivity contribution >= 4 is 92.2 Å². The van der Waals surface area contributed by atoms with E-state index in [0.717, 1.165) is 56.4 Å². The van der Waals surface area contributed by atoms with Crippen LogP contribution in [0.3, 0.4) is 0 Å². The Bertz CT molecular complexity index is 3500. The molecule has 9 aromatic carbocycles. The van der Waals surface area contributed by atoms with Gasteiger partial charge in [-0.05, 0) is 109 Å². The normalized spacial score (nSPS) is 11.8. The van der Waals surface area contributed by atoms with Crippen LogP contribution in [-0.2, 0) is 0 Å². The van der Waals surface area contributed by atoms with Gasteiger partial charge in [-0.25, -0.2) is 4.98 Å². The Morgan fingerprint density at radius 1 is 0.397 bits per heavy atom. The SMILES string of the molecule is c1ccc(N(c2ccc3c(c2)c2cc4c(cc2n3-c2ccc(-c3nc5ccccc5n3-c3ccccc3)cc2)sc2ccccc24)c2cccc3ccccc23)cc1. The first-order valence-corrected chi connectivity index (χ1v) is 20.4. The number of imidazole rings is 1. The first-order chi connectivity index (χ1) is 28.8. The lowest BCUT2D eigenvalue weighted by molar-refractivity contribution is 1.10. The van der Waals surface area contributed by atoms with E-state index in [9.17, 15) is 0 Å². The van der Waals surface area contributed by atoms with E-state index in [2.05, 4.69) is 220 Å². The monoisotopic (exact) mass is 758 g/mol. The Kier molecular flexibility index (Phi) is 7.37. The summed E-state index contributed by atoms with van der Waals surface area (Å²) in [5, 5.41) is 7.46. The molecule has 0 spiro atoms. The topological polar surface area (TPSA) is 26.0 Å². The molecular formula is C53H34N4S. The van der Waals surface area contributed by atoms with E-state index < -0.39 is 0 Å². The summed E-state index contributed by atoms with van der Waals surface area (Å²) in [6.07, 6.45) is 0. The fraction of sp³-hybridized carbons (Fsp3) is 0. The van der Waals surface area contributed by atoms with Gasteiger partial charge >= 0.3 is 0 Å². The number of hydrogen-bond donors (Lipinski definition) is 0. The molecule has 12 aromatic rings. The van der Waals surface area contributed by atoms with Gasteiger partial charge in [0.05, 0.1) is 27.8 Å². The Balaban J connectivity index is 1.08. The minimum atomic E-state index is 0.923. The van der Waals surface area contributed by atoms with Crippen LogP contribution in [0.15, 0.2) is 206 Å². The molecule has 0 unspecified atom stereocenters. The second kappa shape index (κ2) is 13.1. The van der Waals surface area contributed by atoms with E-state index in [0.29, 0.717) is 0 Å². The van der Waals surface area contributed by atoms with Gasteiger partial charge in [0.15, 0.2) is 0 Å². The van der Waals surface area contributed by atoms with Crippen molar-refractivity contribution < 1.29 is 0 Å². The van der Waals surface area contributed by atoms with E-state index in [1.807, 2.05) is 11.3 Å². The van der Waals surface area contributed by atoms with Gasteiger partial charge in [0.25, 0.3) is 0 Å². The first kappa shape index (κ1) is 32.7. The summed E-state index contributed by atoms with van der Waals surface area (Å²) < 4.78 is 7.29. The molecule has 0 bridgehead atoms. The van der Waals surface area contributed by atoms with Gasteiger partial charge in [0.1, 0.15) is 5.82 Å². The molecule has 0 amide bonds. The number of para-hydroxylation sites is 4. The highest BCUT2D eigenvalue weighted by molar-refractivity contribution is 7.25. The molecule has 12 rings (SSSR count). The third-order valence-electron chi connectivity index (χ3n) is 11.5. The van der Waals surface area contributed by atoms with Crippen LogP contribution in [0.25, 0.3) is 86.5 Å². The van der Waals surface area contributed by atoms with Gasteiger partial charge in [-0.2, -0.15) is 0 Å². The highest BCUT2D eigenvalue weighted by Gasteiger charge is 2.21. The summed E-state index contributed by atoms with van der Waals surface area (Å²) in [4.78, 5) is 7.55. The molecule has 4 nitrogen and oxygen atoms in total. The van der Waals surface area contributed by atoms with Crippen LogP contribution in [0.2, 0.25) is 0 Å². The number of fused-ring (bicyclic) bond motifs is 8. The van der Waals surface area contributed by atoms with Gasteiger partial charge in [0, 0.05) is 64.6 Å². The number of thiophene rings is 1. The summed E-state index contributed by atoms with van der Waals surface area (Å²) >= 11 is 1.86. The number of nitrogens with zero attached hydrogens (tertiary/aromatic N) is 4. The fourth-order valence-electron chi connectivity index (χ4n) is 8.87. The molecule has 3 aromatic heterocycles.